The predicted octanol–water partition coefficient (Wildman–Crippen LogP) is 1.43. The molecular weight excluding hydrogens is 202 g/mol. The van der Waals surface area contributed by atoms with Gasteiger partial charge < -0.3 is 5.32 Å². The Balaban J connectivity index is 1.83. The molecule has 1 aromatic heterocycles. The average Bonchev–Trinajstić information content (AvgIpc) is 2.96. The van der Waals surface area contributed by atoms with E-state index >= 15 is 0 Å². The molecule has 0 radical (unpaired) electrons. The lowest BCUT2D eigenvalue weighted by Gasteiger charge is -2.17. The molecule has 1 atom stereocenters. The van der Waals surface area contributed by atoms with Gasteiger partial charge in [-0.25, -0.2) is 0 Å². The van der Waals surface area contributed by atoms with Crippen LogP contribution >= 0.6 is 0 Å². The quantitative estimate of drug-likeness (QED) is 0.790. The number of hydrogen-bond acceptors (Lipinski definition) is 2. The van der Waals surface area contributed by atoms with Gasteiger partial charge in [0.1, 0.15) is 0 Å². The van der Waals surface area contributed by atoms with Crippen molar-refractivity contribution in [3.8, 4) is 0 Å². The second kappa shape index (κ2) is 3.61. The molecule has 2 N–H and O–H groups in total. The fourth-order valence-electron chi connectivity index (χ4n) is 2.34. The third kappa shape index (κ3) is 1.72. The van der Waals surface area contributed by atoms with Crippen LogP contribution in [0.3, 0.4) is 0 Å². The molecule has 0 bridgehead atoms. The number of nitrogens with zero attached hydrogens (tertiary/aromatic N) is 1. The average molecular weight is 219 g/mol. The van der Waals surface area contributed by atoms with Crippen molar-refractivity contribution in [1.82, 2.24) is 15.5 Å². The number of rotatable bonds is 2. The molecule has 4 heteroatoms. The van der Waals surface area contributed by atoms with Crippen molar-refractivity contribution < 1.29 is 4.79 Å². The summed E-state index contributed by atoms with van der Waals surface area (Å²) in [6, 6.07) is 0.404. The molecule has 2 aliphatic rings. The third-order valence-electron chi connectivity index (χ3n) is 3.52. The summed E-state index contributed by atoms with van der Waals surface area (Å²) in [6.07, 6.45) is 5.45. The smallest absolute Gasteiger partial charge is 0.272 e. The van der Waals surface area contributed by atoms with Crippen LogP contribution in [0.4, 0.5) is 0 Å². The van der Waals surface area contributed by atoms with E-state index in [1.165, 1.54) is 12.1 Å². The first-order chi connectivity index (χ1) is 7.74. The van der Waals surface area contributed by atoms with Gasteiger partial charge in [-0.15, -0.1) is 0 Å². The van der Waals surface area contributed by atoms with Crippen molar-refractivity contribution in [2.75, 3.05) is 0 Å². The number of carbonyl (C=O) groups is 1. The number of carbonyl (C=O) groups excluding carboxylic acids is 1. The van der Waals surface area contributed by atoms with E-state index in [1.807, 2.05) is 0 Å². The van der Waals surface area contributed by atoms with Crippen molar-refractivity contribution in [2.24, 2.45) is 5.92 Å². The Morgan fingerprint density at radius 3 is 3.00 bits per heavy atom. The van der Waals surface area contributed by atoms with Gasteiger partial charge in [0, 0.05) is 17.3 Å². The zero-order valence-corrected chi connectivity index (χ0v) is 9.55. The van der Waals surface area contributed by atoms with Crippen molar-refractivity contribution in [1.29, 1.82) is 0 Å². The summed E-state index contributed by atoms with van der Waals surface area (Å²) in [5, 5.41) is 10.2. The van der Waals surface area contributed by atoms with Crippen LogP contribution < -0.4 is 5.32 Å². The van der Waals surface area contributed by atoms with E-state index in [0.29, 0.717) is 17.7 Å². The molecule has 86 valence electrons. The highest BCUT2D eigenvalue weighted by Gasteiger charge is 2.28. The SMILES string of the molecule is CC1CCc2[nH]nc(C(=O)NC3CC3)c2C1. The first kappa shape index (κ1) is 9.87. The summed E-state index contributed by atoms with van der Waals surface area (Å²) in [5.41, 5.74) is 2.95. The highest BCUT2D eigenvalue weighted by molar-refractivity contribution is 5.94. The minimum Gasteiger partial charge on any atom is -0.348 e. The van der Waals surface area contributed by atoms with E-state index in [2.05, 4.69) is 22.4 Å². The maximum absolute atomic E-state index is 11.9. The fourth-order valence-corrected chi connectivity index (χ4v) is 2.34. The number of hydrogen-bond donors (Lipinski definition) is 2. The van der Waals surface area contributed by atoms with Crippen LogP contribution in [-0.4, -0.2) is 22.1 Å². The maximum Gasteiger partial charge on any atom is 0.272 e. The van der Waals surface area contributed by atoms with Crippen molar-refractivity contribution in [3.63, 3.8) is 0 Å². The summed E-state index contributed by atoms with van der Waals surface area (Å²) in [6.45, 7) is 2.23. The van der Waals surface area contributed by atoms with Crippen molar-refractivity contribution in [2.45, 2.75) is 45.1 Å². The monoisotopic (exact) mass is 219 g/mol. The zero-order valence-electron chi connectivity index (χ0n) is 9.55. The first-order valence-corrected chi connectivity index (χ1v) is 6.11. The summed E-state index contributed by atoms with van der Waals surface area (Å²) in [4.78, 5) is 11.9. The molecule has 1 heterocycles. The molecule has 0 aromatic carbocycles. The predicted molar refractivity (Wildman–Crippen MR) is 60.3 cm³/mol. The lowest BCUT2D eigenvalue weighted by atomic mass is 9.87. The van der Waals surface area contributed by atoms with Crippen LogP contribution in [0, 0.1) is 5.92 Å². The van der Waals surface area contributed by atoms with Crippen molar-refractivity contribution in [3.05, 3.63) is 17.0 Å². The fraction of sp³-hybridized carbons (Fsp3) is 0.667. The Labute approximate surface area is 94.8 Å². The van der Waals surface area contributed by atoms with Gasteiger partial charge in [0.25, 0.3) is 5.91 Å². The largest absolute Gasteiger partial charge is 0.348 e. The van der Waals surface area contributed by atoms with E-state index in [0.717, 1.165) is 31.2 Å². The molecule has 1 saturated carbocycles. The van der Waals surface area contributed by atoms with E-state index in [-0.39, 0.29) is 5.91 Å². The molecule has 0 spiro atoms. The van der Waals surface area contributed by atoms with Crippen LogP contribution in [0.25, 0.3) is 0 Å². The molecule has 1 unspecified atom stereocenters. The Morgan fingerprint density at radius 2 is 2.25 bits per heavy atom. The van der Waals surface area contributed by atoms with Crippen LogP contribution in [0.5, 0.6) is 0 Å². The molecule has 1 aromatic rings. The van der Waals surface area contributed by atoms with Gasteiger partial charge in [-0.2, -0.15) is 5.10 Å². The lowest BCUT2D eigenvalue weighted by molar-refractivity contribution is 0.0945. The van der Waals surface area contributed by atoms with Gasteiger partial charge in [0.2, 0.25) is 0 Å². The number of nitrogens with one attached hydrogen (secondary N) is 2. The molecule has 2 aliphatic carbocycles. The summed E-state index contributed by atoms with van der Waals surface area (Å²) in [7, 11) is 0. The topological polar surface area (TPSA) is 57.8 Å². The Hall–Kier alpha value is -1.32. The molecule has 16 heavy (non-hydrogen) atoms. The van der Waals surface area contributed by atoms with E-state index < -0.39 is 0 Å². The second-order valence-electron chi connectivity index (χ2n) is 5.13. The number of aromatic nitrogens is 2. The van der Waals surface area contributed by atoms with Crippen LogP contribution in [-0.2, 0) is 12.8 Å². The highest BCUT2D eigenvalue weighted by atomic mass is 16.2. The number of aryl methyl sites for hydroxylation is 1. The van der Waals surface area contributed by atoms with Gasteiger partial charge in [-0.05, 0) is 38.0 Å². The minimum atomic E-state index is 0.00843. The van der Waals surface area contributed by atoms with Crippen LogP contribution in [0.1, 0.15) is 47.9 Å². The molecule has 4 nitrogen and oxygen atoms in total. The first-order valence-electron chi connectivity index (χ1n) is 6.11. The van der Waals surface area contributed by atoms with Gasteiger partial charge in [-0.3, -0.25) is 9.89 Å². The third-order valence-corrected chi connectivity index (χ3v) is 3.52. The van der Waals surface area contributed by atoms with Gasteiger partial charge in [-0.1, -0.05) is 6.92 Å². The van der Waals surface area contributed by atoms with Crippen LogP contribution in [0.15, 0.2) is 0 Å². The van der Waals surface area contributed by atoms with Gasteiger partial charge >= 0.3 is 0 Å². The molecule has 1 fully saturated rings. The number of amides is 1. The normalized spacial score (nSPS) is 23.9. The molecule has 3 rings (SSSR count). The van der Waals surface area contributed by atoms with Gasteiger partial charge in [0.05, 0.1) is 0 Å². The number of fused-ring (bicyclic) bond motifs is 1. The Morgan fingerprint density at radius 1 is 1.44 bits per heavy atom. The van der Waals surface area contributed by atoms with Crippen LogP contribution in [0.2, 0.25) is 0 Å². The maximum atomic E-state index is 11.9. The Bertz CT molecular complexity index is 420. The highest BCUT2D eigenvalue weighted by Crippen LogP contribution is 2.27. The number of H-pyrrole nitrogens is 1. The minimum absolute atomic E-state index is 0.00843. The molecule has 0 saturated heterocycles. The van der Waals surface area contributed by atoms with Gasteiger partial charge in [0.15, 0.2) is 5.69 Å². The Kier molecular flexibility index (Phi) is 2.23. The standard InChI is InChI=1S/C12H17N3O/c1-7-2-5-10-9(6-7)11(15-14-10)12(16)13-8-3-4-8/h7-8H,2-6H2,1H3,(H,13,16)(H,14,15). The summed E-state index contributed by atoms with van der Waals surface area (Å²) >= 11 is 0. The van der Waals surface area contributed by atoms with E-state index in [9.17, 15) is 4.79 Å². The zero-order chi connectivity index (χ0) is 11.1. The molecule has 1 amide bonds. The van der Waals surface area contributed by atoms with E-state index in [4.69, 9.17) is 0 Å². The second-order valence-corrected chi connectivity index (χ2v) is 5.13. The van der Waals surface area contributed by atoms with E-state index in [1.54, 1.807) is 0 Å². The number of aromatic amines is 1. The molecular formula is C12H17N3O. The summed E-state index contributed by atoms with van der Waals surface area (Å²) in [5.74, 6) is 0.673. The summed E-state index contributed by atoms with van der Waals surface area (Å²) < 4.78 is 0. The molecule has 0 aliphatic heterocycles. The lowest BCUT2D eigenvalue weighted by Crippen LogP contribution is -2.27. The van der Waals surface area contributed by atoms with Crippen molar-refractivity contribution >= 4 is 5.91 Å².